The second-order valence-corrected chi connectivity index (χ2v) is 5.36. The van der Waals surface area contributed by atoms with Crippen molar-refractivity contribution >= 4 is 27.5 Å². The predicted molar refractivity (Wildman–Crippen MR) is 69.2 cm³/mol. The number of nitrogens with zero attached hydrogens (tertiary/aromatic N) is 1. The number of pyridine rings is 1. The van der Waals surface area contributed by atoms with Crippen LogP contribution in [-0.2, 0) is 11.2 Å². The molecule has 1 saturated heterocycles. The molecule has 88 valence electrons. The molecule has 2 nitrogen and oxygen atoms in total. The highest BCUT2D eigenvalue weighted by Crippen LogP contribution is 2.37. The van der Waals surface area contributed by atoms with Gasteiger partial charge in [-0.15, -0.1) is 0 Å². The molecule has 16 heavy (non-hydrogen) atoms. The Kier molecular flexibility index (Phi) is 4.22. The van der Waals surface area contributed by atoms with Gasteiger partial charge in [0.05, 0.1) is 5.02 Å². The first-order chi connectivity index (χ1) is 7.76. The van der Waals surface area contributed by atoms with Gasteiger partial charge in [-0.1, -0.05) is 27.5 Å². The van der Waals surface area contributed by atoms with Crippen molar-refractivity contribution in [2.24, 2.45) is 5.41 Å². The molecule has 1 aliphatic heterocycles. The number of halogens is 2. The van der Waals surface area contributed by atoms with Crippen LogP contribution >= 0.6 is 27.5 Å². The van der Waals surface area contributed by atoms with Crippen LogP contribution in [0.2, 0.25) is 5.02 Å². The monoisotopic (exact) mass is 303 g/mol. The van der Waals surface area contributed by atoms with Gasteiger partial charge in [0.25, 0.3) is 0 Å². The normalized spacial score (nSPS) is 19.6. The standard InChI is InChI=1S/C12H15BrClNO/c13-9-12(2-5-16-6-3-12)7-10-1-4-15-8-11(10)14/h1,4,8H,2-3,5-7,9H2. The van der Waals surface area contributed by atoms with Crippen LogP contribution in [0.25, 0.3) is 0 Å². The number of rotatable bonds is 3. The molecule has 1 fully saturated rings. The first-order valence-electron chi connectivity index (χ1n) is 5.48. The molecule has 4 heteroatoms. The second-order valence-electron chi connectivity index (χ2n) is 4.39. The highest BCUT2D eigenvalue weighted by Gasteiger charge is 2.32. The van der Waals surface area contributed by atoms with Crippen molar-refractivity contribution in [1.82, 2.24) is 4.98 Å². The van der Waals surface area contributed by atoms with Gasteiger partial charge in [-0.2, -0.15) is 0 Å². The fourth-order valence-electron chi connectivity index (χ4n) is 2.11. The summed E-state index contributed by atoms with van der Waals surface area (Å²) in [4.78, 5) is 4.02. The fourth-order valence-corrected chi connectivity index (χ4v) is 3.06. The predicted octanol–water partition coefficient (Wildman–Crippen LogP) is 3.47. The average Bonchev–Trinajstić information content (AvgIpc) is 2.33. The quantitative estimate of drug-likeness (QED) is 0.798. The first-order valence-corrected chi connectivity index (χ1v) is 6.98. The summed E-state index contributed by atoms with van der Waals surface area (Å²) in [6.45, 7) is 1.71. The number of alkyl halides is 1. The van der Waals surface area contributed by atoms with Crippen LogP contribution in [0.1, 0.15) is 18.4 Å². The summed E-state index contributed by atoms with van der Waals surface area (Å²) >= 11 is 9.79. The highest BCUT2D eigenvalue weighted by atomic mass is 79.9. The fraction of sp³-hybridized carbons (Fsp3) is 0.583. The van der Waals surface area contributed by atoms with E-state index in [1.165, 1.54) is 5.56 Å². The lowest BCUT2D eigenvalue weighted by atomic mass is 9.77. The topological polar surface area (TPSA) is 22.1 Å². The molecule has 0 spiro atoms. The number of ether oxygens (including phenoxy) is 1. The summed E-state index contributed by atoms with van der Waals surface area (Å²) in [7, 11) is 0. The zero-order chi connectivity index (χ0) is 11.4. The summed E-state index contributed by atoms with van der Waals surface area (Å²) in [5.41, 5.74) is 1.49. The molecule has 1 aliphatic rings. The molecular weight excluding hydrogens is 289 g/mol. The van der Waals surface area contributed by atoms with Gasteiger partial charge >= 0.3 is 0 Å². The molecule has 0 saturated carbocycles. The third-order valence-electron chi connectivity index (χ3n) is 3.26. The van der Waals surface area contributed by atoms with E-state index >= 15 is 0 Å². The highest BCUT2D eigenvalue weighted by molar-refractivity contribution is 9.09. The first kappa shape index (κ1) is 12.3. The Labute approximate surface area is 109 Å². The summed E-state index contributed by atoms with van der Waals surface area (Å²) in [5, 5.41) is 1.77. The molecule has 0 radical (unpaired) electrons. The summed E-state index contributed by atoms with van der Waals surface area (Å²) in [6, 6.07) is 2.02. The maximum absolute atomic E-state index is 6.15. The van der Waals surface area contributed by atoms with Gasteiger partial charge in [0.1, 0.15) is 0 Å². The van der Waals surface area contributed by atoms with E-state index in [1.807, 2.05) is 12.3 Å². The van der Waals surface area contributed by atoms with Gasteiger partial charge in [-0.25, -0.2) is 0 Å². The van der Waals surface area contributed by atoms with Crippen molar-refractivity contribution in [3.63, 3.8) is 0 Å². The van der Waals surface area contributed by atoms with Gasteiger partial charge in [0.2, 0.25) is 0 Å². The lowest BCUT2D eigenvalue weighted by Crippen LogP contribution is -2.33. The van der Waals surface area contributed by atoms with Crippen LogP contribution in [0, 0.1) is 5.41 Å². The second kappa shape index (κ2) is 5.48. The van der Waals surface area contributed by atoms with Crippen molar-refractivity contribution in [1.29, 1.82) is 0 Å². The molecule has 0 N–H and O–H groups in total. The Hall–Kier alpha value is -0.120. The minimum Gasteiger partial charge on any atom is -0.381 e. The molecule has 1 aromatic heterocycles. The third-order valence-corrected chi connectivity index (χ3v) is 4.79. The molecule has 0 aromatic carbocycles. The Morgan fingerprint density at radius 3 is 2.81 bits per heavy atom. The summed E-state index contributed by atoms with van der Waals surface area (Å²) in [5.74, 6) is 0. The van der Waals surface area contributed by atoms with E-state index in [-0.39, 0.29) is 0 Å². The van der Waals surface area contributed by atoms with E-state index < -0.39 is 0 Å². The molecule has 2 rings (SSSR count). The number of hydrogen-bond donors (Lipinski definition) is 0. The van der Waals surface area contributed by atoms with E-state index in [0.717, 1.165) is 42.8 Å². The smallest absolute Gasteiger partial charge is 0.0621 e. The van der Waals surface area contributed by atoms with Crippen LogP contribution in [-0.4, -0.2) is 23.5 Å². The molecule has 0 bridgehead atoms. The van der Waals surface area contributed by atoms with Gasteiger partial charge in [0, 0.05) is 30.9 Å². The van der Waals surface area contributed by atoms with E-state index in [1.54, 1.807) is 6.20 Å². The van der Waals surface area contributed by atoms with E-state index in [0.29, 0.717) is 5.41 Å². The molecule has 1 aromatic rings. The van der Waals surface area contributed by atoms with Crippen molar-refractivity contribution in [3.05, 3.63) is 29.0 Å². The van der Waals surface area contributed by atoms with Crippen LogP contribution in [0.15, 0.2) is 18.5 Å². The van der Waals surface area contributed by atoms with Crippen LogP contribution in [0.3, 0.4) is 0 Å². The lowest BCUT2D eigenvalue weighted by Gasteiger charge is -2.36. The van der Waals surface area contributed by atoms with Crippen LogP contribution < -0.4 is 0 Å². The molecule has 0 unspecified atom stereocenters. The van der Waals surface area contributed by atoms with Crippen molar-refractivity contribution in [2.45, 2.75) is 19.3 Å². The Morgan fingerprint density at radius 2 is 2.19 bits per heavy atom. The van der Waals surface area contributed by atoms with Crippen LogP contribution in [0.4, 0.5) is 0 Å². The van der Waals surface area contributed by atoms with Gasteiger partial charge < -0.3 is 4.74 Å². The van der Waals surface area contributed by atoms with Gasteiger partial charge in [0.15, 0.2) is 0 Å². The minimum atomic E-state index is 0.295. The molecule has 0 amide bonds. The van der Waals surface area contributed by atoms with E-state index in [2.05, 4.69) is 20.9 Å². The van der Waals surface area contributed by atoms with Gasteiger partial charge in [-0.05, 0) is 36.3 Å². The minimum absolute atomic E-state index is 0.295. The SMILES string of the molecule is Clc1cnccc1CC1(CBr)CCOCC1. The van der Waals surface area contributed by atoms with Gasteiger partial charge in [-0.3, -0.25) is 4.98 Å². The molecular formula is C12H15BrClNO. The van der Waals surface area contributed by atoms with Crippen molar-refractivity contribution < 1.29 is 4.74 Å². The molecule has 0 aliphatic carbocycles. The van der Waals surface area contributed by atoms with E-state index in [9.17, 15) is 0 Å². The zero-order valence-electron chi connectivity index (χ0n) is 9.09. The maximum Gasteiger partial charge on any atom is 0.0621 e. The Bertz CT molecular complexity index is 353. The maximum atomic E-state index is 6.15. The van der Waals surface area contributed by atoms with Crippen molar-refractivity contribution in [3.8, 4) is 0 Å². The average molecular weight is 305 g/mol. The lowest BCUT2D eigenvalue weighted by molar-refractivity contribution is 0.0270. The van der Waals surface area contributed by atoms with E-state index in [4.69, 9.17) is 16.3 Å². The summed E-state index contributed by atoms with van der Waals surface area (Å²) < 4.78 is 5.43. The molecule has 2 heterocycles. The van der Waals surface area contributed by atoms with Crippen molar-refractivity contribution in [2.75, 3.05) is 18.5 Å². The third kappa shape index (κ3) is 2.76. The number of hydrogen-bond acceptors (Lipinski definition) is 2. The number of aromatic nitrogens is 1. The zero-order valence-corrected chi connectivity index (χ0v) is 11.4. The Balaban J connectivity index is 2.15. The Morgan fingerprint density at radius 1 is 1.44 bits per heavy atom. The largest absolute Gasteiger partial charge is 0.381 e. The van der Waals surface area contributed by atoms with Crippen LogP contribution in [0.5, 0.6) is 0 Å². The molecule has 0 atom stereocenters. The summed E-state index contributed by atoms with van der Waals surface area (Å²) in [6.07, 6.45) is 6.72.